The van der Waals surface area contributed by atoms with Crippen molar-refractivity contribution in [2.75, 3.05) is 17.3 Å². The van der Waals surface area contributed by atoms with Gasteiger partial charge in [-0.2, -0.15) is 0 Å². The molecule has 3 N–H and O–H groups in total. The molecule has 1 amide bonds. The van der Waals surface area contributed by atoms with Crippen molar-refractivity contribution in [3.8, 4) is 0 Å². The van der Waals surface area contributed by atoms with Crippen LogP contribution in [0.2, 0.25) is 0 Å². The molecule has 0 radical (unpaired) electrons. The van der Waals surface area contributed by atoms with Gasteiger partial charge in [0.05, 0.1) is 5.75 Å². The number of amides is 1. The van der Waals surface area contributed by atoms with Crippen LogP contribution in [0, 0.1) is 0 Å². The van der Waals surface area contributed by atoms with Crippen molar-refractivity contribution in [2.45, 2.75) is 37.5 Å². The maximum absolute atomic E-state index is 12.6. The van der Waals surface area contributed by atoms with Crippen LogP contribution < -0.4 is 15.4 Å². The fraction of sp³-hybridized carbons (Fsp3) is 0.368. The predicted molar refractivity (Wildman–Crippen MR) is 106 cm³/mol. The number of carbonyl (C=O) groups excluding carboxylic acids is 1. The Hall–Kier alpha value is -2.45. The van der Waals surface area contributed by atoms with E-state index in [1.54, 1.807) is 42.6 Å². The molecule has 2 aromatic rings. The summed E-state index contributed by atoms with van der Waals surface area (Å²) in [5.74, 6) is 0.228. The van der Waals surface area contributed by atoms with Gasteiger partial charge in [-0.3, -0.25) is 4.79 Å². The molecule has 144 valence electrons. The highest BCUT2D eigenvalue weighted by atomic mass is 32.2. The molecule has 1 fully saturated rings. The Morgan fingerprint density at radius 1 is 1.26 bits per heavy atom. The number of sulfonamides is 1. The molecule has 1 aromatic heterocycles. The van der Waals surface area contributed by atoms with Crippen LogP contribution in [-0.4, -0.2) is 32.4 Å². The third-order valence-electron chi connectivity index (χ3n) is 4.79. The first-order chi connectivity index (χ1) is 12.8. The monoisotopic (exact) mass is 388 g/mol. The van der Waals surface area contributed by atoms with Crippen LogP contribution in [0.1, 0.15) is 41.6 Å². The summed E-state index contributed by atoms with van der Waals surface area (Å²) in [4.78, 5) is 19.1. The van der Waals surface area contributed by atoms with E-state index in [-0.39, 0.29) is 11.7 Å². The second-order valence-corrected chi connectivity index (χ2v) is 8.53. The van der Waals surface area contributed by atoms with Gasteiger partial charge in [0, 0.05) is 30.5 Å². The van der Waals surface area contributed by atoms with Crippen molar-refractivity contribution in [3.63, 3.8) is 0 Å². The number of benzene rings is 1. The van der Waals surface area contributed by atoms with Crippen LogP contribution in [0.4, 0.5) is 11.5 Å². The van der Waals surface area contributed by atoms with Gasteiger partial charge in [0.1, 0.15) is 5.82 Å². The molecule has 8 heteroatoms. The molecular formula is C19H24N4O3S. The lowest BCUT2D eigenvalue weighted by Crippen LogP contribution is -2.29. The summed E-state index contributed by atoms with van der Waals surface area (Å²) in [5.41, 5.74) is 1.54. The molecule has 1 aromatic carbocycles. The third-order valence-corrected chi connectivity index (χ3v) is 5.53. The maximum Gasteiger partial charge on any atom is 0.255 e. The van der Waals surface area contributed by atoms with Gasteiger partial charge in [0.2, 0.25) is 10.0 Å². The van der Waals surface area contributed by atoms with E-state index < -0.39 is 10.0 Å². The lowest BCUT2D eigenvalue weighted by molar-refractivity contribution is 0.102. The summed E-state index contributed by atoms with van der Waals surface area (Å²) in [5, 5.41) is 7.88. The zero-order chi connectivity index (χ0) is 19.4. The van der Waals surface area contributed by atoms with E-state index in [0.717, 1.165) is 18.7 Å². The SMILES string of the molecule is CN(c1cc(C(=O)Nc2cccc(CS(N)(=O)=O)c2)ccn1)C1CCCC1. The first kappa shape index (κ1) is 19.3. The quantitative estimate of drug-likeness (QED) is 0.791. The lowest BCUT2D eigenvalue weighted by Gasteiger charge is -2.25. The average Bonchev–Trinajstić information content (AvgIpc) is 3.14. The summed E-state index contributed by atoms with van der Waals surface area (Å²) in [6.45, 7) is 0. The van der Waals surface area contributed by atoms with Crippen molar-refractivity contribution in [3.05, 3.63) is 53.7 Å². The van der Waals surface area contributed by atoms with Crippen molar-refractivity contribution in [1.29, 1.82) is 0 Å². The fourth-order valence-corrected chi connectivity index (χ4v) is 4.05. The summed E-state index contributed by atoms with van der Waals surface area (Å²) in [6, 6.07) is 10.6. The minimum absolute atomic E-state index is 0.272. The maximum atomic E-state index is 12.6. The number of hydrogen-bond donors (Lipinski definition) is 2. The Morgan fingerprint density at radius 3 is 2.70 bits per heavy atom. The average molecular weight is 388 g/mol. The molecule has 1 aliphatic rings. The summed E-state index contributed by atoms with van der Waals surface area (Å²) < 4.78 is 22.5. The van der Waals surface area contributed by atoms with Crippen LogP contribution in [0.15, 0.2) is 42.6 Å². The molecule has 0 saturated heterocycles. The first-order valence-electron chi connectivity index (χ1n) is 8.91. The molecule has 0 unspecified atom stereocenters. The van der Waals surface area contributed by atoms with Crippen molar-refractivity contribution in [1.82, 2.24) is 4.98 Å². The molecule has 1 saturated carbocycles. The van der Waals surface area contributed by atoms with E-state index in [4.69, 9.17) is 5.14 Å². The number of rotatable bonds is 6. The van der Waals surface area contributed by atoms with Crippen LogP contribution in [-0.2, 0) is 15.8 Å². The standard InChI is InChI=1S/C19H24N4O3S/c1-23(17-7-2-3-8-17)18-12-15(9-10-21-18)19(24)22-16-6-4-5-14(11-16)13-27(20,25)26/h4-6,9-12,17H,2-3,7-8,13H2,1H3,(H,22,24)(H2,20,25,26). The van der Waals surface area contributed by atoms with E-state index in [9.17, 15) is 13.2 Å². The van der Waals surface area contributed by atoms with Crippen LogP contribution >= 0.6 is 0 Å². The lowest BCUT2D eigenvalue weighted by atomic mass is 10.2. The van der Waals surface area contributed by atoms with Gasteiger partial charge in [0.25, 0.3) is 5.91 Å². The van der Waals surface area contributed by atoms with Crippen LogP contribution in [0.3, 0.4) is 0 Å². The zero-order valence-electron chi connectivity index (χ0n) is 15.3. The van der Waals surface area contributed by atoms with Gasteiger partial charge in [-0.15, -0.1) is 0 Å². The molecule has 0 atom stereocenters. The Bertz CT molecular complexity index is 924. The Labute approximate surface area is 159 Å². The largest absolute Gasteiger partial charge is 0.357 e. The molecule has 0 spiro atoms. The molecule has 7 nitrogen and oxygen atoms in total. The Kier molecular flexibility index (Phi) is 5.76. The van der Waals surface area contributed by atoms with E-state index in [0.29, 0.717) is 22.9 Å². The Balaban J connectivity index is 1.73. The highest BCUT2D eigenvalue weighted by molar-refractivity contribution is 7.88. The highest BCUT2D eigenvalue weighted by Gasteiger charge is 2.21. The van der Waals surface area contributed by atoms with Gasteiger partial charge < -0.3 is 10.2 Å². The number of primary sulfonamides is 1. The van der Waals surface area contributed by atoms with E-state index in [1.165, 1.54) is 12.8 Å². The normalized spacial score (nSPS) is 14.9. The topological polar surface area (TPSA) is 105 Å². The number of aromatic nitrogens is 1. The second-order valence-electron chi connectivity index (χ2n) is 6.91. The molecule has 0 bridgehead atoms. The zero-order valence-corrected chi connectivity index (χ0v) is 16.1. The fourth-order valence-electron chi connectivity index (χ4n) is 3.41. The number of hydrogen-bond acceptors (Lipinski definition) is 5. The van der Waals surface area contributed by atoms with Crippen LogP contribution in [0.25, 0.3) is 0 Å². The number of nitrogens with zero attached hydrogens (tertiary/aromatic N) is 2. The summed E-state index contributed by atoms with van der Waals surface area (Å²) >= 11 is 0. The third kappa shape index (κ3) is 5.27. The van der Waals surface area contributed by atoms with Gasteiger partial charge >= 0.3 is 0 Å². The molecule has 3 rings (SSSR count). The summed E-state index contributed by atoms with van der Waals surface area (Å²) in [6.07, 6.45) is 6.37. The van der Waals surface area contributed by atoms with Gasteiger partial charge in [-0.05, 0) is 42.7 Å². The second kappa shape index (κ2) is 8.06. The van der Waals surface area contributed by atoms with E-state index in [1.807, 2.05) is 7.05 Å². The molecule has 0 aliphatic heterocycles. The van der Waals surface area contributed by atoms with Gasteiger partial charge in [-0.1, -0.05) is 25.0 Å². The van der Waals surface area contributed by atoms with E-state index >= 15 is 0 Å². The molecule has 27 heavy (non-hydrogen) atoms. The molecule has 1 heterocycles. The molecule has 1 aliphatic carbocycles. The number of anilines is 2. The summed E-state index contributed by atoms with van der Waals surface area (Å²) in [7, 11) is -1.61. The molecular weight excluding hydrogens is 364 g/mol. The number of pyridine rings is 1. The van der Waals surface area contributed by atoms with E-state index in [2.05, 4.69) is 15.2 Å². The minimum Gasteiger partial charge on any atom is -0.357 e. The van der Waals surface area contributed by atoms with Gasteiger partial charge in [-0.25, -0.2) is 18.5 Å². The van der Waals surface area contributed by atoms with Crippen molar-refractivity contribution < 1.29 is 13.2 Å². The first-order valence-corrected chi connectivity index (χ1v) is 10.6. The number of nitrogens with two attached hydrogens (primary N) is 1. The van der Waals surface area contributed by atoms with Gasteiger partial charge in [0.15, 0.2) is 0 Å². The number of carbonyl (C=O) groups is 1. The van der Waals surface area contributed by atoms with Crippen molar-refractivity contribution >= 4 is 27.4 Å². The van der Waals surface area contributed by atoms with Crippen molar-refractivity contribution in [2.24, 2.45) is 5.14 Å². The minimum atomic E-state index is -3.62. The Morgan fingerprint density at radius 2 is 2.00 bits per heavy atom. The number of nitrogens with one attached hydrogen (secondary N) is 1. The van der Waals surface area contributed by atoms with Crippen LogP contribution in [0.5, 0.6) is 0 Å². The predicted octanol–water partition coefficient (Wildman–Crippen LogP) is 2.50. The smallest absolute Gasteiger partial charge is 0.255 e. The highest BCUT2D eigenvalue weighted by Crippen LogP contribution is 2.26.